The van der Waals surface area contributed by atoms with Gasteiger partial charge >= 0.3 is 0 Å². The third kappa shape index (κ3) is 5.14. The number of rotatable bonds is 6. The predicted molar refractivity (Wildman–Crippen MR) is 126 cm³/mol. The Balaban J connectivity index is 1.42. The second-order valence-electron chi connectivity index (χ2n) is 7.56. The number of benzene rings is 3. The van der Waals surface area contributed by atoms with Crippen molar-refractivity contribution < 1.29 is 4.79 Å². The Morgan fingerprint density at radius 3 is 2.16 bits per heavy atom. The minimum Gasteiger partial charge on any atom is -0.340 e. The van der Waals surface area contributed by atoms with E-state index in [1.165, 1.54) is 5.56 Å². The molecule has 154 valence electrons. The second-order valence-corrected chi connectivity index (χ2v) is 7.56. The molecule has 0 fully saturated rings. The van der Waals surface area contributed by atoms with Crippen LogP contribution in [-0.4, -0.2) is 15.9 Å². The smallest absolute Gasteiger partial charge is 0.255 e. The fourth-order valence-corrected chi connectivity index (χ4v) is 3.16. The van der Waals surface area contributed by atoms with Crippen molar-refractivity contribution in [3.63, 3.8) is 0 Å². The maximum atomic E-state index is 12.6. The van der Waals surface area contributed by atoms with E-state index in [9.17, 15) is 4.79 Å². The molecule has 0 spiro atoms. The van der Waals surface area contributed by atoms with Crippen molar-refractivity contribution in [3.8, 4) is 11.4 Å². The van der Waals surface area contributed by atoms with Crippen molar-refractivity contribution in [1.29, 1.82) is 0 Å². The number of hydrogen-bond acceptors (Lipinski definition) is 4. The highest BCUT2D eigenvalue weighted by atomic mass is 16.1. The molecule has 5 heteroatoms. The lowest BCUT2D eigenvalue weighted by Gasteiger charge is -2.10. The molecule has 3 aromatic carbocycles. The standard InChI is InChI=1S/C26H24N4O/c1-18(2)19-8-12-23(13-9-19)29-26(31)21-10-14-22(15-11-21)28-24-16-17-27-25(30-24)20-6-4-3-5-7-20/h3-18H,1-2H3,(H,29,31)(H,27,28,30). The van der Waals surface area contributed by atoms with Gasteiger partial charge in [0.1, 0.15) is 5.82 Å². The van der Waals surface area contributed by atoms with Crippen LogP contribution in [0.4, 0.5) is 17.2 Å². The van der Waals surface area contributed by atoms with Gasteiger partial charge in [-0.1, -0.05) is 56.3 Å². The average Bonchev–Trinajstić information content (AvgIpc) is 2.81. The van der Waals surface area contributed by atoms with Gasteiger partial charge in [-0.3, -0.25) is 4.79 Å². The SMILES string of the molecule is CC(C)c1ccc(NC(=O)c2ccc(Nc3ccnc(-c4ccccc4)n3)cc2)cc1. The lowest BCUT2D eigenvalue weighted by Crippen LogP contribution is -2.11. The Labute approximate surface area is 182 Å². The Hall–Kier alpha value is -3.99. The molecule has 0 atom stereocenters. The summed E-state index contributed by atoms with van der Waals surface area (Å²) in [7, 11) is 0. The Bertz CT molecular complexity index is 1150. The average molecular weight is 409 g/mol. The predicted octanol–water partition coefficient (Wildman–Crippen LogP) is 6.26. The summed E-state index contributed by atoms with van der Waals surface area (Å²) in [4.78, 5) is 21.5. The van der Waals surface area contributed by atoms with E-state index in [0.29, 0.717) is 23.1 Å². The molecule has 0 saturated carbocycles. The summed E-state index contributed by atoms with van der Waals surface area (Å²) in [5, 5.41) is 6.20. The molecule has 0 aliphatic rings. The number of carbonyl (C=O) groups excluding carboxylic acids is 1. The zero-order valence-corrected chi connectivity index (χ0v) is 17.5. The third-order valence-corrected chi connectivity index (χ3v) is 4.94. The van der Waals surface area contributed by atoms with Gasteiger partial charge in [0, 0.05) is 28.7 Å². The first-order chi connectivity index (χ1) is 15.1. The quantitative estimate of drug-likeness (QED) is 0.395. The van der Waals surface area contributed by atoms with Gasteiger partial charge in [-0.15, -0.1) is 0 Å². The highest BCUT2D eigenvalue weighted by molar-refractivity contribution is 6.04. The highest BCUT2D eigenvalue weighted by Crippen LogP contribution is 2.20. The molecule has 2 N–H and O–H groups in total. The summed E-state index contributed by atoms with van der Waals surface area (Å²) in [6.07, 6.45) is 1.73. The molecule has 4 rings (SSSR count). The van der Waals surface area contributed by atoms with E-state index in [4.69, 9.17) is 0 Å². The van der Waals surface area contributed by atoms with Crippen LogP contribution in [0.2, 0.25) is 0 Å². The van der Waals surface area contributed by atoms with Gasteiger partial charge in [-0.05, 0) is 53.9 Å². The molecule has 0 bridgehead atoms. The summed E-state index contributed by atoms with van der Waals surface area (Å²) in [6, 6.07) is 26.9. The molecule has 31 heavy (non-hydrogen) atoms. The number of carbonyl (C=O) groups is 1. The summed E-state index contributed by atoms with van der Waals surface area (Å²) in [6.45, 7) is 4.29. The van der Waals surface area contributed by atoms with Gasteiger partial charge < -0.3 is 10.6 Å². The zero-order valence-electron chi connectivity index (χ0n) is 17.5. The van der Waals surface area contributed by atoms with E-state index in [-0.39, 0.29) is 5.91 Å². The lowest BCUT2D eigenvalue weighted by atomic mass is 10.0. The van der Waals surface area contributed by atoms with Gasteiger partial charge in [-0.2, -0.15) is 0 Å². The van der Waals surface area contributed by atoms with Gasteiger partial charge in [0.05, 0.1) is 0 Å². The third-order valence-electron chi connectivity index (χ3n) is 4.94. The van der Waals surface area contributed by atoms with Crippen molar-refractivity contribution >= 4 is 23.1 Å². The van der Waals surface area contributed by atoms with Crippen LogP contribution in [0.1, 0.15) is 35.7 Å². The van der Waals surface area contributed by atoms with Crippen molar-refractivity contribution in [2.75, 3.05) is 10.6 Å². The van der Waals surface area contributed by atoms with E-state index in [1.807, 2.05) is 72.8 Å². The molecule has 0 radical (unpaired) electrons. The Morgan fingerprint density at radius 1 is 0.806 bits per heavy atom. The number of nitrogens with one attached hydrogen (secondary N) is 2. The van der Waals surface area contributed by atoms with Gasteiger partial charge in [0.2, 0.25) is 0 Å². The Kier molecular flexibility index (Phi) is 6.03. The van der Waals surface area contributed by atoms with E-state index < -0.39 is 0 Å². The van der Waals surface area contributed by atoms with Crippen LogP contribution in [0.15, 0.2) is 91.1 Å². The normalized spacial score (nSPS) is 10.7. The molecular formula is C26H24N4O. The molecule has 1 amide bonds. The maximum Gasteiger partial charge on any atom is 0.255 e. The number of hydrogen-bond donors (Lipinski definition) is 2. The van der Waals surface area contributed by atoms with Crippen LogP contribution in [0.25, 0.3) is 11.4 Å². The number of aromatic nitrogens is 2. The maximum absolute atomic E-state index is 12.6. The van der Waals surface area contributed by atoms with Crippen LogP contribution in [0, 0.1) is 0 Å². The molecule has 0 aliphatic heterocycles. The Morgan fingerprint density at radius 2 is 1.48 bits per heavy atom. The van der Waals surface area contributed by atoms with Crippen LogP contribution in [0.5, 0.6) is 0 Å². The van der Waals surface area contributed by atoms with E-state index in [0.717, 1.165) is 16.9 Å². The molecule has 5 nitrogen and oxygen atoms in total. The van der Waals surface area contributed by atoms with E-state index in [1.54, 1.807) is 18.3 Å². The van der Waals surface area contributed by atoms with Gasteiger partial charge in [-0.25, -0.2) is 9.97 Å². The molecule has 0 saturated heterocycles. The van der Waals surface area contributed by atoms with Crippen molar-refractivity contribution in [1.82, 2.24) is 9.97 Å². The van der Waals surface area contributed by atoms with E-state index in [2.05, 4.69) is 34.4 Å². The van der Waals surface area contributed by atoms with Gasteiger partial charge in [0.25, 0.3) is 5.91 Å². The fourth-order valence-electron chi connectivity index (χ4n) is 3.16. The minimum atomic E-state index is -0.141. The van der Waals surface area contributed by atoms with Crippen molar-refractivity contribution in [3.05, 3.63) is 102 Å². The molecule has 0 unspecified atom stereocenters. The number of nitrogens with zero attached hydrogens (tertiary/aromatic N) is 2. The molecule has 4 aromatic rings. The second kappa shape index (κ2) is 9.22. The topological polar surface area (TPSA) is 66.9 Å². The van der Waals surface area contributed by atoms with Crippen LogP contribution < -0.4 is 10.6 Å². The molecule has 1 aromatic heterocycles. The summed E-state index contributed by atoms with van der Waals surface area (Å²) >= 11 is 0. The number of amides is 1. The van der Waals surface area contributed by atoms with Crippen LogP contribution in [-0.2, 0) is 0 Å². The first kappa shape index (κ1) is 20.3. The van der Waals surface area contributed by atoms with Crippen LogP contribution in [0.3, 0.4) is 0 Å². The summed E-state index contributed by atoms with van der Waals surface area (Å²) in [5.41, 5.74) is 4.42. The van der Waals surface area contributed by atoms with E-state index >= 15 is 0 Å². The monoisotopic (exact) mass is 408 g/mol. The first-order valence-corrected chi connectivity index (χ1v) is 10.3. The lowest BCUT2D eigenvalue weighted by molar-refractivity contribution is 0.102. The largest absolute Gasteiger partial charge is 0.340 e. The highest BCUT2D eigenvalue weighted by Gasteiger charge is 2.08. The van der Waals surface area contributed by atoms with Crippen LogP contribution >= 0.6 is 0 Å². The fraction of sp³-hybridized carbons (Fsp3) is 0.115. The number of anilines is 3. The van der Waals surface area contributed by atoms with Crippen molar-refractivity contribution in [2.45, 2.75) is 19.8 Å². The zero-order chi connectivity index (χ0) is 21.6. The van der Waals surface area contributed by atoms with Crippen molar-refractivity contribution in [2.24, 2.45) is 0 Å². The molecule has 1 heterocycles. The first-order valence-electron chi connectivity index (χ1n) is 10.3. The minimum absolute atomic E-state index is 0.141. The molecular weight excluding hydrogens is 384 g/mol. The molecule has 0 aliphatic carbocycles. The van der Waals surface area contributed by atoms with Gasteiger partial charge in [0.15, 0.2) is 5.82 Å². The summed E-state index contributed by atoms with van der Waals surface area (Å²) in [5.74, 6) is 1.67. The summed E-state index contributed by atoms with van der Waals surface area (Å²) < 4.78 is 0.